The lowest BCUT2D eigenvalue weighted by Crippen LogP contribution is -1.88. The van der Waals surface area contributed by atoms with Crippen LogP contribution in [-0.4, -0.2) is 18.0 Å². The van der Waals surface area contributed by atoms with E-state index < -0.39 is 10.1 Å². The van der Waals surface area contributed by atoms with Gasteiger partial charge in [-0.05, 0) is 23.8 Å². The van der Waals surface area contributed by atoms with Gasteiger partial charge in [0.1, 0.15) is 0 Å². The third-order valence-corrected chi connectivity index (χ3v) is 1.62. The highest BCUT2D eigenvalue weighted by Crippen LogP contribution is 2.00. The summed E-state index contributed by atoms with van der Waals surface area (Å²) in [5, 5.41) is 0.725. The number of nitrogens with zero attached hydrogens (tertiary/aromatic N) is 1. The van der Waals surface area contributed by atoms with Crippen molar-refractivity contribution < 1.29 is 13.0 Å². The average molecular weight is 185 g/mol. The summed E-state index contributed by atoms with van der Waals surface area (Å²) in [5.41, 5.74) is 0.669. The summed E-state index contributed by atoms with van der Waals surface area (Å²) < 4.78 is 28.9. The van der Waals surface area contributed by atoms with E-state index in [1.54, 1.807) is 12.1 Å². The van der Waals surface area contributed by atoms with Crippen molar-refractivity contribution in [2.45, 2.75) is 0 Å². The number of rotatable bonds is 2. The van der Waals surface area contributed by atoms with Crippen molar-refractivity contribution in [3.8, 4) is 0 Å². The molecule has 0 aliphatic rings. The first-order valence-electron chi connectivity index (χ1n) is 3.13. The number of hydrogen-bond donors (Lipinski definition) is 1. The first kappa shape index (κ1) is 8.89. The summed E-state index contributed by atoms with van der Waals surface area (Å²) in [5.74, 6) is 0. The van der Waals surface area contributed by atoms with Gasteiger partial charge in [0, 0.05) is 12.4 Å². The van der Waals surface area contributed by atoms with Crippen molar-refractivity contribution in [2.75, 3.05) is 0 Å². The SMILES string of the molecule is O=S(=O)(O)/C=C/c1ccncc1. The van der Waals surface area contributed by atoms with Crippen LogP contribution in [0.25, 0.3) is 6.08 Å². The molecule has 0 radical (unpaired) electrons. The van der Waals surface area contributed by atoms with Gasteiger partial charge >= 0.3 is 0 Å². The van der Waals surface area contributed by atoms with Gasteiger partial charge in [0.25, 0.3) is 10.1 Å². The lowest BCUT2D eigenvalue weighted by atomic mass is 10.3. The van der Waals surface area contributed by atoms with Gasteiger partial charge in [-0.25, -0.2) is 0 Å². The van der Waals surface area contributed by atoms with Crippen LogP contribution < -0.4 is 0 Å². The van der Waals surface area contributed by atoms with Crippen molar-refractivity contribution in [1.29, 1.82) is 0 Å². The minimum absolute atomic E-state index is 0.669. The molecule has 0 saturated carbocycles. The van der Waals surface area contributed by atoms with Crippen molar-refractivity contribution in [3.05, 3.63) is 35.5 Å². The molecule has 0 fully saturated rings. The van der Waals surface area contributed by atoms with Crippen LogP contribution in [0.15, 0.2) is 29.9 Å². The molecule has 0 bridgehead atoms. The van der Waals surface area contributed by atoms with Gasteiger partial charge in [-0.2, -0.15) is 8.42 Å². The smallest absolute Gasteiger partial charge is 0.282 e. The minimum Gasteiger partial charge on any atom is -0.282 e. The Kier molecular flexibility index (Phi) is 2.57. The van der Waals surface area contributed by atoms with Gasteiger partial charge in [-0.3, -0.25) is 9.54 Å². The molecule has 0 atom stereocenters. The Morgan fingerprint density at radius 1 is 1.33 bits per heavy atom. The highest BCUT2D eigenvalue weighted by Gasteiger charge is 1.94. The zero-order chi connectivity index (χ0) is 9.03. The maximum atomic E-state index is 10.3. The molecule has 0 amide bonds. The van der Waals surface area contributed by atoms with Crippen molar-refractivity contribution >= 4 is 16.2 Å². The van der Waals surface area contributed by atoms with Crippen LogP contribution in [-0.2, 0) is 10.1 Å². The minimum atomic E-state index is -4.02. The lowest BCUT2D eigenvalue weighted by Gasteiger charge is -1.88. The van der Waals surface area contributed by atoms with E-state index in [2.05, 4.69) is 4.98 Å². The molecule has 0 aliphatic heterocycles. The summed E-state index contributed by atoms with van der Waals surface area (Å²) in [6.07, 6.45) is 4.35. The van der Waals surface area contributed by atoms with Gasteiger partial charge < -0.3 is 0 Å². The molecule has 0 aromatic carbocycles. The zero-order valence-corrected chi connectivity index (χ0v) is 6.90. The van der Waals surface area contributed by atoms with Gasteiger partial charge in [-0.1, -0.05) is 0 Å². The normalized spacial score (nSPS) is 12.1. The van der Waals surface area contributed by atoms with Crippen LogP contribution in [0, 0.1) is 0 Å². The molecule has 1 aromatic rings. The van der Waals surface area contributed by atoms with E-state index in [4.69, 9.17) is 4.55 Å². The molecule has 12 heavy (non-hydrogen) atoms. The first-order valence-corrected chi connectivity index (χ1v) is 4.64. The molecular weight excluding hydrogens is 178 g/mol. The van der Waals surface area contributed by atoms with Crippen molar-refractivity contribution in [3.63, 3.8) is 0 Å². The molecule has 1 aromatic heterocycles. The van der Waals surface area contributed by atoms with Crippen LogP contribution in [0.2, 0.25) is 0 Å². The second-order valence-electron chi connectivity index (χ2n) is 2.10. The Labute approximate surface area is 70.3 Å². The molecular formula is C7H7NO3S. The summed E-state index contributed by atoms with van der Waals surface area (Å²) >= 11 is 0. The van der Waals surface area contributed by atoms with Crippen LogP contribution in [0.1, 0.15) is 5.56 Å². The summed E-state index contributed by atoms with van der Waals surface area (Å²) in [6.45, 7) is 0. The second kappa shape index (κ2) is 3.46. The summed E-state index contributed by atoms with van der Waals surface area (Å²) in [7, 11) is -4.02. The molecule has 0 unspecified atom stereocenters. The van der Waals surface area contributed by atoms with Crippen LogP contribution in [0.3, 0.4) is 0 Å². The van der Waals surface area contributed by atoms with E-state index in [0.717, 1.165) is 5.41 Å². The largest absolute Gasteiger partial charge is 0.287 e. The predicted molar refractivity (Wildman–Crippen MR) is 44.8 cm³/mol. The van der Waals surface area contributed by atoms with E-state index in [1.807, 2.05) is 0 Å². The predicted octanol–water partition coefficient (Wildman–Crippen LogP) is 0.940. The number of aromatic nitrogens is 1. The Bertz CT molecular complexity index is 369. The van der Waals surface area contributed by atoms with E-state index in [0.29, 0.717) is 5.56 Å². The Balaban J connectivity index is 2.85. The highest BCUT2D eigenvalue weighted by atomic mass is 32.2. The fourth-order valence-corrected chi connectivity index (χ4v) is 0.968. The average Bonchev–Trinajstić information content (AvgIpc) is 2.02. The molecule has 1 heterocycles. The molecule has 0 aliphatic carbocycles. The van der Waals surface area contributed by atoms with Crippen molar-refractivity contribution in [1.82, 2.24) is 4.98 Å². The Hall–Kier alpha value is -1.20. The van der Waals surface area contributed by atoms with Crippen LogP contribution >= 0.6 is 0 Å². The van der Waals surface area contributed by atoms with Crippen LogP contribution in [0.4, 0.5) is 0 Å². The zero-order valence-electron chi connectivity index (χ0n) is 6.08. The number of hydrogen-bond acceptors (Lipinski definition) is 3. The second-order valence-corrected chi connectivity index (χ2v) is 3.40. The van der Waals surface area contributed by atoms with E-state index >= 15 is 0 Å². The molecule has 5 heteroatoms. The standard InChI is InChI=1S/C7H7NO3S/c9-12(10,11)6-3-7-1-4-8-5-2-7/h1-6H,(H,9,10,11)/b6-3+. The third kappa shape index (κ3) is 3.27. The molecule has 0 saturated heterocycles. The van der Waals surface area contributed by atoms with Gasteiger partial charge in [0.05, 0.1) is 5.41 Å². The fourth-order valence-electron chi connectivity index (χ4n) is 0.639. The van der Waals surface area contributed by atoms with E-state index in [1.165, 1.54) is 18.5 Å². The molecule has 1 rings (SSSR count). The quantitative estimate of drug-likeness (QED) is 0.696. The summed E-state index contributed by atoms with van der Waals surface area (Å²) in [6, 6.07) is 3.25. The van der Waals surface area contributed by atoms with Gasteiger partial charge in [-0.15, -0.1) is 0 Å². The fraction of sp³-hybridized carbons (Fsp3) is 0. The maximum absolute atomic E-state index is 10.3. The Morgan fingerprint density at radius 2 is 1.92 bits per heavy atom. The lowest BCUT2D eigenvalue weighted by molar-refractivity contribution is 0.494. The molecule has 64 valence electrons. The summed E-state index contributed by atoms with van der Waals surface area (Å²) in [4.78, 5) is 3.74. The number of pyridine rings is 1. The highest BCUT2D eigenvalue weighted by molar-refractivity contribution is 7.88. The topological polar surface area (TPSA) is 67.3 Å². The van der Waals surface area contributed by atoms with Crippen LogP contribution in [0.5, 0.6) is 0 Å². The first-order chi connectivity index (χ1) is 5.58. The van der Waals surface area contributed by atoms with Crippen molar-refractivity contribution in [2.24, 2.45) is 0 Å². The molecule has 0 spiro atoms. The maximum Gasteiger partial charge on any atom is 0.287 e. The van der Waals surface area contributed by atoms with E-state index in [9.17, 15) is 8.42 Å². The molecule has 4 nitrogen and oxygen atoms in total. The van der Waals surface area contributed by atoms with Gasteiger partial charge in [0.15, 0.2) is 0 Å². The molecule has 1 N–H and O–H groups in total. The third-order valence-electron chi connectivity index (χ3n) is 1.14. The van der Waals surface area contributed by atoms with Gasteiger partial charge in [0.2, 0.25) is 0 Å². The van der Waals surface area contributed by atoms with E-state index in [-0.39, 0.29) is 0 Å². The Morgan fingerprint density at radius 3 is 2.42 bits per heavy atom. The monoisotopic (exact) mass is 185 g/mol.